The summed E-state index contributed by atoms with van der Waals surface area (Å²) in [6, 6.07) is 7.33. The van der Waals surface area contributed by atoms with Crippen LogP contribution in [0.25, 0.3) is 0 Å². The minimum Gasteiger partial charge on any atom is -0.451 e. The molecule has 1 aromatic rings. The van der Waals surface area contributed by atoms with E-state index in [0.29, 0.717) is 0 Å². The summed E-state index contributed by atoms with van der Waals surface area (Å²) in [4.78, 5) is 35.4. The summed E-state index contributed by atoms with van der Waals surface area (Å²) in [5.74, 6) is -1.12. The average molecular weight is 335 g/mol. The van der Waals surface area contributed by atoms with Crippen molar-refractivity contribution in [3.05, 3.63) is 35.9 Å². The van der Waals surface area contributed by atoms with Crippen LogP contribution in [0.1, 0.15) is 33.3 Å². The number of hydrogen-bond donors (Lipinski definition) is 3. The van der Waals surface area contributed by atoms with E-state index >= 15 is 0 Å². The van der Waals surface area contributed by atoms with Gasteiger partial charge in [-0.3, -0.25) is 4.79 Å². The number of esters is 1. The molecule has 1 rings (SSSR count). The molecule has 0 aromatic heterocycles. The van der Waals surface area contributed by atoms with E-state index in [2.05, 4.69) is 10.6 Å². The molecule has 7 heteroatoms. The summed E-state index contributed by atoms with van der Waals surface area (Å²) in [6.07, 6.45) is -0.763. The van der Waals surface area contributed by atoms with Gasteiger partial charge in [0.1, 0.15) is 6.04 Å². The molecule has 0 fully saturated rings. The lowest BCUT2D eigenvalue weighted by atomic mass is 10.1. The Labute approximate surface area is 141 Å². The second-order valence-electron chi connectivity index (χ2n) is 6.57. The normalized spacial score (nSPS) is 13.5. The molecule has 0 spiro atoms. The molecule has 24 heavy (non-hydrogen) atoms. The molecule has 0 unspecified atom stereocenters. The Bertz CT molecular complexity index is 581. The van der Waals surface area contributed by atoms with Crippen molar-refractivity contribution in [2.75, 3.05) is 0 Å². The number of urea groups is 1. The smallest absolute Gasteiger partial charge is 0.329 e. The second-order valence-corrected chi connectivity index (χ2v) is 6.57. The lowest BCUT2D eigenvalue weighted by molar-refractivity contribution is -0.157. The van der Waals surface area contributed by atoms with Crippen molar-refractivity contribution in [2.45, 2.75) is 51.8 Å². The largest absolute Gasteiger partial charge is 0.451 e. The van der Waals surface area contributed by atoms with Gasteiger partial charge in [0.2, 0.25) is 0 Å². The molecule has 0 aliphatic rings. The van der Waals surface area contributed by atoms with Gasteiger partial charge in [0.05, 0.1) is 0 Å². The fourth-order valence-electron chi connectivity index (χ4n) is 2.00. The van der Waals surface area contributed by atoms with E-state index in [1.165, 1.54) is 6.92 Å². The van der Waals surface area contributed by atoms with Crippen molar-refractivity contribution in [1.82, 2.24) is 10.6 Å². The van der Waals surface area contributed by atoms with E-state index in [1.54, 1.807) is 0 Å². The van der Waals surface area contributed by atoms with Gasteiger partial charge in [0.25, 0.3) is 5.91 Å². The molecule has 3 amide bonds. The van der Waals surface area contributed by atoms with Gasteiger partial charge in [-0.15, -0.1) is 0 Å². The number of benzene rings is 1. The lowest BCUT2D eigenvalue weighted by Gasteiger charge is -2.24. The summed E-state index contributed by atoms with van der Waals surface area (Å²) in [7, 11) is 0. The summed E-state index contributed by atoms with van der Waals surface area (Å²) in [5, 5.41) is 5.08. The van der Waals surface area contributed by atoms with E-state index in [9.17, 15) is 14.4 Å². The second kappa shape index (κ2) is 8.33. The van der Waals surface area contributed by atoms with Gasteiger partial charge in [-0.05, 0) is 33.3 Å². The predicted molar refractivity (Wildman–Crippen MR) is 90.1 cm³/mol. The summed E-state index contributed by atoms with van der Waals surface area (Å²) in [6.45, 7) is 6.95. The van der Waals surface area contributed by atoms with Crippen LogP contribution in [0.15, 0.2) is 30.3 Å². The summed E-state index contributed by atoms with van der Waals surface area (Å²) >= 11 is 0. The maximum atomic E-state index is 12.3. The van der Waals surface area contributed by atoms with Crippen LogP contribution in [0.3, 0.4) is 0 Å². The van der Waals surface area contributed by atoms with Crippen LogP contribution in [0, 0.1) is 0 Å². The zero-order valence-corrected chi connectivity index (χ0v) is 14.5. The number of carbonyl (C=O) groups excluding carboxylic acids is 3. The third kappa shape index (κ3) is 7.13. The molecule has 132 valence electrons. The fraction of sp³-hybridized carbons (Fsp3) is 0.471. The number of rotatable bonds is 6. The van der Waals surface area contributed by atoms with Crippen LogP contribution in [0.2, 0.25) is 0 Å². The van der Waals surface area contributed by atoms with E-state index < -0.39 is 35.6 Å². The summed E-state index contributed by atoms with van der Waals surface area (Å²) in [5.41, 5.74) is 5.52. The lowest BCUT2D eigenvalue weighted by Crippen LogP contribution is -2.50. The Morgan fingerprint density at radius 1 is 1.17 bits per heavy atom. The summed E-state index contributed by atoms with van der Waals surface area (Å²) < 4.78 is 5.17. The van der Waals surface area contributed by atoms with E-state index in [-0.39, 0.29) is 6.42 Å². The number of carbonyl (C=O) groups is 3. The highest BCUT2D eigenvalue weighted by Crippen LogP contribution is 2.07. The molecule has 0 bridgehead atoms. The zero-order valence-electron chi connectivity index (χ0n) is 14.5. The van der Waals surface area contributed by atoms with Crippen LogP contribution in [-0.2, 0) is 20.7 Å². The number of hydrogen-bond acceptors (Lipinski definition) is 4. The van der Waals surface area contributed by atoms with Crippen molar-refractivity contribution in [1.29, 1.82) is 0 Å². The first-order valence-electron chi connectivity index (χ1n) is 7.71. The van der Waals surface area contributed by atoms with E-state index in [0.717, 1.165) is 5.56 Å². The molecule has 0 radical (unpaired) electrons. The molecule has 4 N–H and O–H groups in total. The van der Waals surface area contributed by atoms with Crippen molar-refractivity contribution in [3.8, 4) is 0 Å². The Morgan fingerprint density at radius 3 is 2.25 bits per heavy atom. The van der Waals surface area contributed by atoms with Gasteiger partial charge in [0, 0.05) is 12.0 Å². The number of amides is 3. The molecule has 7 nitrogen and oxygen atoms in total. The van der Waals surface area contributed by atoms with Crippen LogP contribution in [0.5, 0.6) is 0 Å². The minimum atomic E-state index is -0.982. The maximum Gasteiger partial charge on any atom is 0.329 e. The first-order chi connectivity index (χ1) is 11.1. The van der Waals surface area contributed by atoms with Crippen LogP contribution < -0.4 is 16.4 Å². The first-order valence-corrected chi connectivity index (χ1v) is 7.71. The molecule has 2 atom stereocenters. The van der Waals surface area contributed by atoms with Gasteiger partial charge in [-0.1, -0.05) is 30.3 Å². The van der Waals surface area contributed by atoms with Gasteiger partial charge in [0.15, 0.2) is 6.10 Å². The minimum absolute atomic E-state index is 0.218. The van der Waals surface area contributed by atoms with E-state index in [4.69, 9.17) is 10.5 Å². The maximum absolute atomic E-state index is 12.3. The fourth-order valence-corrected chi connectivity index (χ4v) is 2.00. The zero-order chi connectivity index (χ0) is 18.3. The monoisotopic (exact) mass is 335 g/mol. The average Bonchev–Trinajstić information content (AvgIpc) is 2.45. The third-order valence-electron chi connectivity index (χ3n) is 3.04. The Kier molecular flexibility index (Phi) is 6.76. The number of nitrogens with two attached hydrogens (primary N) is 1. The highest BCUT2D eigenvalue weighted by Gasteiger charge is 2.27. The molecule has 0 aliphatic heterocycles. The van der Waals surface area contributed by atoms with Crippen LogP contribution >= 0.6 is 0 Å². The SMILES string of the molecule is C[C@@H](OC(=O)[C@H](Cc1ccccc1)NC(N)=O)C(=O)NC(C)(C)C. The van der Waals surface area contributed by atoms with Crippen molar-refractivity contribution >= 4 is 17.9 Å². The van der Waals surface area contributed by atoms with Crippen molar-refractivity contribution in [3.63, 3.8) is 0 Å². The number of primary amides is 1. The van der Waals surface area contributed by atoms with Crippen molar-refractivity contribution in [2.24, 2.45) is 5.73 Å². The Morgan fingerprint density at radius 2 is 1.75 bits per heavy atom. The molecular formula is C17H25N3O4. The third-order valence-corrected chi connectivity index (χ3v) is 3.04. The van der Waals surface area contributed by atoms with Gasteiger partial charge < -0.3 is 21.1 Å². The molecular weight excluding hydrogens is 310 g/mol. The predicted octanol–water partition coefficient (Wildman–Crippen LogP) is 1.11. The molecule has 1 aromatic carbocycles. The van der Waals surface area contributed by atoms with Crippen LogP contribution in [0.4, 0.5) is 4.79 Å². The highest BCUT2D eigenvalue weighted by molar-refractivity contribution is 5.87. The molecule has 0 aliphatic carbocycles. The van der Waals surface area contributed by atoms with Gasteiger partial charge in [-0.25, -0.2) is 9.59 Å². The first kappa shape index (κ1) is 19.5. The van der Waals surface area contributed by atoms with Crippen LogP contribution in [-0.4, -0.2) is 35.6 Å². The topological polar surface area (TPSA) is 111 Å². The van der Waals surface area contributed by atoms with E-state index in [1.807, 2.05) is 51.1 Å². The Hall–Kier alpha value is -2.57. The van der Waals surface area contributed by atoms with Crippen molar-refractivity contribution < 1.29 is 19.1 Å². The number of nitrogens with one attached hydrogen (secondary N) is 2. The highest BCUT2D eigenvalue weighted by atomic mass is 16.5. The van der Waals surface area contributed by atoms with Gasteiger partial charge >= 0.3 is 12.0 Å². The quantitative estimate of drug-likeness (QED) is 0.676. The molecule has 0 saturated carbocycles. The Balaban J connectivity index is 2.74. The molecule has 0 saturated heterocycles. The standard InChI is InChI=1S/C17H25N3O4/c1-11(14(21)20-17(2,3)4)24-15(22)13(19-16(18)23)10-12-8-6-5-7-9-12/h5-9,11,13H,10H2,1-4H3,(H,20,21)(H3,18,19,23)/t11-,13+/m1/s1. The number of ether oxygens (including phenoxy) is 1. The molecule has 0 heterocycles. The van der Waals surface area contributed by atoms with Gasteiger partial charge in [-0.2, -0.15) is 0 Å².